The van der Waals surface area contributed by atoms with E-state index in [-0.39, 0.29) is 0 Å². The van der Waals surface area contributed by atoms with E-state index in [1.807, 2.05) is 18.2 Å². The van der Waals surface area contributed by atoms with Gasteiger partial charge in [0.1, 0.15) is 11.8 Å². The Kier molecular flexibility index (Phi) is 3.70. The highest BCUT2D eigenvalue weighted by Gasteiger charge is 2.02. The van der Waals surface area contributed by atoms with Gasteiger partial charge in [0.25, 0.3) is 0 Å². The number of nitrogens with zero attached hydrogens (tertiary/aromatic N) is 4. The summed E-state index contributed by atoms with van der Waals surface area (Å²) >= 11 is 0. The molecule has 3 rings (SSSR count). The largest absolute Gasteiger partial charge is 0.354 e. The SMILES string of the molecule is N#Cc1ccnc(NCCc2cccc3cccnc23)n1. The van der Waals surface area contributed by atoms with Crippen molar-refractivity contribution in [2.45, 2.75) is 6.42 Å². The van der Waals surface area contributed by atoms with Crippen LogP contribution >= 0.6 is 0 Å². The predicted molar refractivity (Wildman–Crippen MR) is 80.7 cm³/mol. The molecular weight excluding hydrogens is 262 g/mol. The molecule has 2 heterocycles. The molecule has 0 spiro atoms. The normalized spacial score (nSPS) is 10.2. The maximum Gasteiger partial charge on any atom is 0.223 e. The van der Waals surface area contributed by atoms with E-state index >= 15 is 0 Å². The molecule has 0 saturated heterocycles. The molecule has 0 saturated carbocycles. The minimum atomic E-state index is 0.360. The van der Waals surface area contributed by atoms with Crippen molar-refractivity contribution in [3.05, 3.63) is 60.0 Å². The third kappa shape index (κ3) is 2.95. The van der Waals surface area contributed by atoms with Crippen LogP contribution in [-0.2, 0) is 6.42 Å². The highest BCUT2D eigenvalue weighted by molar-refractivity contribution is 5.81. The van der Waals surface area contributed by atoms with Crippen molar-refractivity contribution in [3.63, 3.8) is 0 Å². The van der Waals surface area contributed by atoms with Crippen molar-refractivity contribution in [2.24, 2.45) is 0 Å². The Balaban J connectivity index is 1.71. The van der Waals surface area contributed by atoms with Crippen LogP contribution in [-0.4, -0.2) is 21.5 Å². The lowest BCUT2D eigenvalue weighted by atomic mass is 10.1. The average Bonchev–Trinajstić information content (AvgIpc) is 2.55. The van der Waals surface area contributed by atoms with Crippen LogP contribution in [0.3, 0.4) is 0 Å². The van der Waals surface area contributed by atoms with E-state index in [9.17, 15) is 0 Å². The van der Waals surface area contributed by atoms with E-state index < -0.39 is 0 Å². The minimum absolute atomic E-state index is 0.360. The van der Waals surface area contributed by atoms with Gasteiger partial charge in [0.15, 0.2) is 0 Å². The molecule has 1 aromatic carbocycles. The lowest BCUT2D eigenvalue weighted by Crippen LogP contribution is -2.08. The number of hydrogen-bond acceptors (Lipinski definition) is 5. The van der Waals surface area contributed by atoms with Crippen molar-refractivity contribution in [1.29, 1.82) is 5.26 Å². The molecule has 2 aromatic heterocycles. The molecule has 0 amide bonds. The van der Waals surface area contributed by atoms with Gasteiger partial charge in [-0.2, -0.15) is 5.26 Å². The summed E-state index contributed by atoms with van der Waals surface area (Å²) < 4.78 is 0. The van der Waals surface area contributed by atoms with Crippen LogP contribution in [0.4, 0.5) is 5.95 Å². The van der Waals surface area contributed by atoms with Gasteiger partial charge in [-0.15, -0.1) is 0 Å². The summed E-state index contributed by atoms with van der Waals surface area (Å²) in [5.74, 6) is 0.474. The van der Waals surface area contributed by atoms with E-state index in [0.717, 1.165) is 17.3 Å². The summed E-state index contributed by atoms with van der Waals surface area (Å²) in [6.07, 6.45) is 4.20. The molecule has 0 bridgehead atoms. The third-order valence-electron chi connectivity index (χ3n) is 3.16. The second kappa shape index (κ2) is 5.97. The first kappa shape index (κ1) is 13.0. The lowest BCUT2D eigenvalue weighted by molar-refractivity contribution is 0.984. The number of aromatic nitrogens is 3. The number of anilines is 1. The van der Waals surface area contributed by atoms with Gasteiger partial charge < -0.3 is 5.32 Å². The molecule has 5 heteroatoms. The number of hydrogen-bond donors (Lipinski definition) is 1. The minimum Gasteiger partial charge on any atom is -0.354 e. The number of nitrogens with one attached hydrogen (secondary N) is 1. The maximum atomic E-state index is 8.81. The smallest absolute Gasteiger partial charge is 0.223 e. The van der Waals surface area contributed by atoms with Crippen LogP contribution in [0.2, 0.25) is 0 Å². The molecule has 3 aromatic rings. The Morgan fingerprint density at radius 1 is 1.05 bits per heavy atom. The summed E-state index contributed by atoms with van der Waals surface area (Å²) in [5, 5.41) is 13.1. The van der Waals surface area contributed by atoms with Crippen molar-refractivity contribution in [3.8, 4) is 6.07 Å². The van der Waals surface area contributed by atoms with Crippen LogP contribution in [0.1, 0.15) is 11.3 Å². The van der Waals surface area contributed by atoms with E-state index in [1.165, 1.54) is 5.56 Å². The van der Waals surface area contributed by atoms with Crippen molar-refractivity contribution < 1.29 is 0 Å². The summed E-state index contributed by atoms with van der Waals surface area (Å²) in [5.41, 5.74) is 2.56. The van der Waals surface area contributed by atoms with Crippen molar-refractivity contribution >= 4 is 16.9 Å². The Labute approximate surface area is 122 Å². The van der Waals surface area contributed by atoms with Gasteiger partial charge in [0.2, 0.25) is 5.95 Å². The number of nitriles is 1. The molecular formula is C16H13N5. The van der Waals surface area contributed by atoms with Gasteiger partial charge in [-0.1, -0.05) is 24.3 Å². The zero-order chi connectivity index (χ0) is 14.5. The molecule has 0 unspecified atom stereocenters. The molecule has 102 valence electrons. The first-order chi connectivity index (χ1) is 10.4. The van der Waals surface area contributed by atoms with Gasteiger partial charge >= 0.3 is 0 Å². The quantitative estimate of drug-likeness (QED) is 0.792. The number of benzene rings is 1. The zero-order valence-corrected chi connectivity index (χ0v) is 11.3. The van der Waals surface area contributed by atoms with Crippen LogP contribution in [0, 0.1) is 11.3 Å². The van der Waals surface area contributed by atoms with E-state index in [1.54, 1.807) is 18.5 Å². The Morgan fingerprint density at radius 3 is 2.86 bits per heavy atom. The van der Waals surface area contributed by atoms with Gasteiger partial charge in [-0.05, 0) is 24.1 Å². The van der Waals surface area contributed by atoms with Crippen LogP contribution in [0.25, 0.3) is 10.9 Å². The summed E-state index contributed by atoms with van der Waals surface area (Å²) in [6, 6.07) is 13.7. The monoisotopic (exact) mass is 275 g/mol. The number of rotatable bonds is 4. The number of fused-ring (bicyclic) bond motifs is 1. The zero-order valence-electron chi connectivity index (χ0n) is 11.3. The lowest BCUT2D eigenvalue weighted by Gasteiger charge is -2.07. The summed E-state index contributed by atoms with van der Waals surface area (Å²) in [6.45, 7) is 0.685. The van der Waals surface area contributed by atoms with Gasteiger partial charge in [-0.25, -0.2) is 9.97 Å². The average molecular weight is 275 g/mol. The predicted octanol–water partition coefficient (Wildman–Crippen LogP) is 2.55. The van der Waals surface area contributed by atoms with Crippen LogP contribution in [0.15, 0.2) is 48.8 Å². The highest BCUT2D eigenvalue weighted by atomic mass is 15.1. The number of pyridine rings is 1. The molecule has 0 radical (unpaired) electrons. The summed E-state index contributed by atoms with van der Waals surface area (Å²) in [7, 11) is 0. The summed E-state index contributed by atoms with van der Waals surface area (Å²) in [4.78, 5) is 12.6. The molecule has 0 fully saturated rings. The fourth-order valence-corrected chi connectivity index (χ4v) is 2.18. The molecule has 0 aliphatic rings. The van der Waals surface area contributed by atoms with Crippen LogP contribution in [0.5, 0.6) is 0 Å². The first-order valence-corrected chi connectivity index (χ1v) is 6.66. The molecule has 1 N–H and O–H groups in total. The van der Waals surface area contributed by atoms with Gasteiger partial charge in [-0.3, -0.25) is 4.98 Å². The fourth-order valence-electron chi connectivity index (χ4n) is 2.18. The maximum absolute atomic E-state index is 8.81. The van der Waals surface area contributed by atoms with Gasteiger partial charge in [0, 0.05) is 24.3 Å². The highest BCUT2D eigenvalue weighted by Crippen LogP contribution is 2.16. The van der Waals surface area contributed by atoms with Gasteiger partial charge in [0.05, 0.1) is 5.52 Å². The van der Waals surface area contributed by atoms with E-state index in [4.69, 9.17) is 5.26 Å². The topological polar surface area (TPSA) is 74.5 Å². The Hall–Kier alpha value is -3.00. The molecule has 21 heavy (non-hydrogen) atoms. The molecule has 0 aliphatic carbocycles. The standard InChI is InChI=1S/C16H13N5/c17-11-14-7-10-20-16(21-14)19-9-6-13-4-1-3-12-5-2-8-18-15(12)13/h1-5,7-8,10H,6,9H2,(H,19,20,21). The molecule has 0 atom stereocenters. The number of para-hydroxylation sites is 1. The van der Waals surface area contributed by atoms with E-state index in [0.29, 0.717) is 18.2 Å². The Morgan fingerprint density at radius 2 is 1.95 bits per heavy atom. The molecule has 5 nitrogen and oxygen atoms in total. The Bertz CT molecular complexity index is 802. The first-order valence-electron chi connectivity index (χ1n) is 6.66. The van der Waals surface area contributed by atoms with Crippen molar-refractivity contribution in [1.82, 2.24) is 15.0 Å². The second-order valence-corrected chi connectivity index (χ2v) is 4.55. The third-order valence-corrected chi connectivity index (χ3v) is 3.16. The van der Waals surface area contributed by atoms with Crippen molar-refractivity contribution in [2.75, 3.05) is 11.9 Å². The fraction of sp³-hybridized carbons (Fsp3) is 0.125. The van der Waals surface area contributed by atoms with E-state index in [2.05, 4.69) is 38.5 Å². The molecule has 0 aliphatic heterocycles. The second-order valence-electron chi connectivity index (χ2n) is 4.55. The van der Waals surface area contributed by atoms with Crippen LogP contribution < -0.4 is 5.32 Å².